The van der Waals surface area contributed by atoms with E-state index in [0.717, 1.165) is 0 Å². The van der Waals surface area contributed by atoms with Crippen LogP contribution in [0.25, 0.3) is 0 Å². The molecule has 12 heteroatoms. The molecule has 0 spiro atoms. The van der Waals surface area contributed by atoms with Crippen molar-refractivity contribution in [3.8, 4) is 5.88 Å². The lowest BCUT2D eigenvalue weighted by atomic mass is 10.2. The average Bonchev–Trinajstić information content (AvgIpc) is 2.80. The number of halogens is 3. The number of carbonyl (C=O) groups excluding carboxylic acids is 1. The molecule has 0 aliphatic heterocycles. The van der Waals surface area contributed by atoms with Gasteiger partial charge in [-0.15, -0.1) is 0 Å². The maximum Gasteiger partial charge on any atom is 0.331 e. The van der Waals surface area contributed by atoms with Gasteiger partial charge in [0.1, 0.15) is 16.9 Å². The molecule has 180 valence electrons. The van der Waals surface area contributed by atoms with Crippen LogP contribution in [0.3, 0.4) is 0 Å². The van der Waals surface area contributed by atoms with Crippen LogP contribution >= 0.6 is 39.1 Å². The summed E-state index contributed by atoms with van der Waals surface area (Å²) in [6.07, 6.45) is 4.46. The zero-order valence-electron chi connectivity index (χ0n) is 18.1. The van der Waals surface area contributed by atoms with Crippen LogP contribution in [0.2, 0.25) is 10.0 Å². The van der Waals surface area contributed by atoms with Gasteiger partial charge in [0, 0.05) is 18.0 Å². The summed E-state index contributed by atoms with van der Waals surface area (Å²) in [4.78, 5) is 25.2. The van der Waals surface area contributed by atoms with Gasteiger partial charge in [-0.2, -0.15) is 0 Å². The normalized spacial score (nSPS) is 12.4. The summed E-state index contributed by atoms with van der Waals surface area (Å²) < 4.78 is 38.8. The molecule has 3 rings (SSSR count). The van der Waals surface area contributed by atoms with Gasteiger partial charge in [-0.25, -0.2) is 13.4 Å². The number of nitrogens with zero attached hydrogens (tertiary/aromatic N) is 3. The van der Waals surface area contributed by atoms with E-state index < -0.39 is 21.1 Å². The van der Waals surface area contributed by atoms with Crippen molar-refractivity contribution in [2.75, 3.05) is 6.61 Å². The minimum atomic E-state index is -4.47. The van der Waals surface area contributed by atoms with Crippen molar-refractivity contribution in [1.82, 2.24) is 15.0 Å². The molecule has 2 heterocycles. The van der Waals surface area contributed by atoms with Crippen LogP contribution in [-0.2, 0) is 26.0 Å². The molecular formula is C22H20BrCl2N3O5S. The molecule has 0 saturated carbocycles. The van der Waals surface area contributed by atoms with Crippen molar-refractivity contribution < 1.29 is 22.7 Å². The maximum absolute atomic E-state index is 13.7. The number of esters is 1. The van der Waals surface area contributed by atoms with Crippen LogP contribution < -0.4 is 4.74 Å². The summed E-state index contributed by atoms with van der Waals surface area (Å²) >= 11 is 15.5. The smallest absolute Gasteiger partial charge is 0.331 e. The fourth-order valence-electron chi connectivity index (χ4n) is 2.82. The molecule has 0 radical (unpaired) electrons. The summed E-state index contributed by atoms with van der Waals surface area (Å²) in [6.45, 7) is 3.67. The number of pyridine rings is 1. The second-order valence-corrected chi connectivity index (χ2v) is 11.1. The molecule has 2 aromatic heterocycles. The van der Waals surface area contributed by atoms with Gasteiger partial charge in [0.15, 0.2) is 9.84 Å². The van der Waals surface area contributed by atoms with Crippen LogP contribution in [-0.4, -0.2) is 35.9 Å². The van der Waals surface area contributed by atoms with E-state index in [9.17, 15) is 13.2 Å². The number of rotatable bonds is 9. The number of hydrogen-bond donors (Lipinski definition) is 0. The molecule has 0 amide bonds. The highest BCUT2D eigenvalue weighted by atomic mass is 79.9. The molecular weight excluding hydrogens is 569 g/mol. The van der Waals surface area contributed by atoms with Crippen molar-refractivity contribution in [3.63, 3.8) is 0 Å². The van der Waals surface area contributed by atoms with E-state index in [1.54, 1.807) is 24.5 Å². The fraction of sp³-hybridized carbons (Fsp3) is 0.273. The Morgan fingerprint density at radius 1 is 1.15 bits per heavy atom. The van der Waals surface area contributed by atoms with Gasteiger partial charge < -0.3 is 9.47 Å². The Morgan fingerprint density at radius 3 is 2.59 bits per heavy atom. The van der Waals surface area contributed by atoms with E-state index in [0.29, 0.717) is 5.56 Å². The second-order valence-electron chi connectivity index (χ2n) is 7.53. The Hall–Kier alpha value is -2.27. The Kier molecular flexibility index (Phi) is 8.86. The van der Waals surface area contributed by atoms with E-state index in [1.807, 2.05) is 13.8 Å². The number of sulfone groups is 1. The summed E-state index contributed by atoms with van der Waals surface area (Å²) in [5, 5.41) is -2.09. The quantitative estimate of drug-likeness (QED) is 0.312. The van der Waals surface area contributed by atoms with Crippen molar-refractivity contribution in [2.45, 2.75) is 30.6 Å². The van der Waals surface area contributed by atoms with Gasteiger partial charge in [0.2, 0.25) is 11.1 Å². The van der Waals surface area contributed by atoms with Crippen LogP contribution in [0.1, 0.15) is 30.4 Å². The molecule has 1 aromatic carbocycles. The predicted octanol–water partition coefficient (Wildman–Crippen LogP) is 5.23. The lowest BCUT2D eigenvalue weighted by Gasteiger charge is -2.20. The van der Waals surface area contributed by atoms with Gasteiger partial charge >= 0.3 is 5.97 Å². The van der Waals surface area contributed by atoms with Crippen LogP contribution in [0.4, 0.5) is 0 Å². The van der Waals surface area contributed by atoms with E-state index in [1.165, 1.54) is 24.4 Å². The van der Waals surface area contributed by atoms with Crippen molar-refractivity contribution in [2.24, 2.45) is 5.92 Å². The van der Waals surface area contributed by atoms with Crippen molar-refractivity contribution in [3.05, 3.63) is 74.8 Å². The van der Waals surface area contributed by atoms with Crippen molar-refractivity contribution >= 4 is 54.9 Å². The summed E-state index contributed by atoms with van der Waals surface area (Å²) in [5.41, 5.74) is 0.465. The summed E-state index contributed by atoms with van der Waals surface area (Å²) in [7, 11) is -4.47. The molecule has 0 bridgehead atoms. The Morgan fingerprint density at radius 2 is 1.91 bits per heavy atom. The Balaban J connectivity index is 2.11. The van der Waals surface area contributed by atoms with E-state index in [-0.39, 0.29) is 50.2 Å². The van der Waals surface area contributed by atoms with Gasteiger partial charge in [-0.1, -0.05) is 49.2 Å². The van der Waals surface area contributed by atoms with E-state index in [4.69, 9.17) is 32.7 Å². The molecule has 34 heavy (non-hydrogen) atoms. The third-order valence-corrected chi connectivity index (χ3v) is 7.69. The number of ether oxygens (including phenoxy) is 2. The molecule has 0 aliphatic rings. The van der Waals surface area contributed by atoms with Gasteiger partial charge in [-0.3, -0.25) is 14.8 Å². The van der Waals surface area contributed by atoms with Crippen LogP contribution in [0.5, 0.6) is 5.88 Å². The Bertz CT molecular complexity index is 1280. The zero-order valence-corrected chi connectivity index (χ0v) is 22.0. The SMILES string of the molecule is CC(C)COC(=O)C(c1ncc(Br)nc1OCc1cccnc1)S(=O)(=O)c1cccc(Cl)c1Cl. The van der Waals surface area contributed by atoms with Crippen LogP contribution in [0, 0.1) is 5.92 Å². The summed E-state index contributed by atoms with van der Waals surface area (Å²) in [5.74, 6) is -1.22. The topological polar surface area (TPSA) is 108 Å². The molecule has 0 N–H and O–H groups in total. The third kappa shape index (κ3) is 6.24. The molecule has 0 saturated heterocycles. The average molecular weight is 589 g/mol. The van der Waals surface area contributed by atoms with E-state index >= 15 is 0 Å². The third-order valence-electron chi connectivity index (χ3n) is 4.39. The first-order valence-electron chi connectivity index (χ1n) is 10.00. The fourth-order valence-corrected chi connectivity index (χ4v) is 5.42. The lowest BCUT2D eigenvalue weighted by Crippen LogP contribution is -2.28. The predicted molar refractivity (Wildman–Crippen MR) is 130 cm³/mol. The van der Waals surface area contributed by atoms with Gasteiger partial charge in [0.25, 0.3) is 0 Å². The summed E-state index contributed by atoms with van der Waals surface area (Å²) in [6, 6.07) is 7.62. The largest absolute Gasteiger partial charge is 0.471 e. The first-order valence-corrected chi connectivity index (χ1v) is 13.1. The number of hydrogen-bond acceptors (Lipinski definition) is 8. The first kappa shape index (κ1) is 26.3. The Labute approximate surface area is 215 Å². The number of carbonyl (C=O) groups is 1. The van der Waals surface area contributed by atoms with E-state index in [2.05, 4.69) is 30.9 Å². The molecule has 1 atom stereocenters. The maximum atomic E-state index is 13.7. The van der Waals surface area contributed by atoms with Crippen molar-refractivity contribution in [1.29, 1.82) is 0 Å². The minimum Gasteiger partial charge on any atom is -0.471 e. The monoisotopic (exact) mass is 587 g/mol. The highest BCUT2D eigenvalue weighted by Gasteiger charge is 2.42. The first-order chi connectivity index (χ1) is 16.1. The number of benzene rings is 1. The molecule has 0 fully saturated rings. The zero-order chi connectivity index (χ0) is 24.9. The molecule has 3 aromatic rings. The molecule has 8 nitrogen and oxygen atoms in total. The van der Waals surface area contributed by atoms with Gasteiger partial charge in [-0.05, 0) is 40.0 Å². The standard InChI is InChI=1S/C22H20BrCl2N3O5S/c1-13(2)11-33-22(29)20(34(30,31)16-7-3-6-15(24)18(16)25)19-21(28-17(23)10-27-19)32-12-14-5-4-8-26-9-14/h3-10,13,20H,11-12H2,1-2H3. The number of aromatic nitrogens is 3. The molecule has 1 unspecified atom stereocenters. The highest BCUT2D eigenvalue weighted by molar-refractivity contribution is 9.10. The molecule has 0 aliphatic carbocycles. The highest BCUT2D eigenvalue weighted by Crippen LogP contribution is 2.39. The second kappa shape index (κ2) is 11.4. The minimum absolute atomic E-state index is 0.00393. The van der Waals surface area contributed by atoms with Gasteiger partial charge in [0.05, 0.1) is 27.7 Å². The van der Waals surface area contributed by atoms with Crippen LogP contribution in [0.15, 0.2) is 58.4 Å². The lowest BCUT2D eigenvalue weighted by molar-refractivity contribution is -0.144.